The van der Waals surface area contributed by atoms with Gasteiger partial charge < -0.3 is 30.1 Å². The van der Waals surface area contributed by atoms with Crippen molar-refractivity contribution in [1.82, 2.24) is 10.2 Å². The van der Waals surface area contributed by atoms with Crippen LogP contribution >= 0.6 is 23.2 Å². The molecule has 2 heterocycles. The summed E-state index contributed by atoms with van der Waals surface area (Å²) in [6, 6.07) is 34.3. The zero-order chi connectivity index (χ0) is 43.5. The molecule has 3 atom stereocenters. The lowest BCUT2D eigenvalue weighted by Gasteiger charge is -2.37. The van der Waals surface area contributed by atoms with Crippen LogP contribution in [0, 0.1) is 17.1 Å². The van der Waals surface area contributed by atoms with Crippen LogP contribution in [-0.2, 0) is 40.4 Å². The number of aliphatic carboxylic acids is 1. The number of rotatable bonds is 11. The smallest absolute Gasteiger partial charge is 0.326 e. The summed E-state index contributed by atoms with van der Waals surface area (Å²) in [5.74, 6) is -2.59. The van der Waals surface area contributed by atoms with Crippen LogP contribution in [0.15, 0.2) is 127 Å². The molecule has 0 saturated carbocycles. The highest BCUT2D eigenvalue weighted by Gasteiger charge is 2.39. The molecule has 6 aromatic carbocycles. The predicted octanol–water partition coefficient (Wildman–Crippen LogP) is 8.70. The van der Waals surface area contributed by atoms with Gasteiger partial charge in [0, 0.05) is 30.5 Å². The molecule has 0 saturated heterocycles. The first-order chi connectivity index (χ1) is 29.9. The zero-order valence-corrected chi connectivity index (χ0v) is 34.1. The van der Waals surface area contributed by atoms with Gasteiger partial charge in [-0.3, -0.25) is 14.4 Å². The van der Waals surface area contributed by atoms with Gasteiger partial charge in [-0.15, -0.1) is 0 Å². The predicted molar refractivity (Wildman–Crippen MR) is 229 cm³/mol. The average Bonchev–Trinajstić information content (AvgIpc) is 3.28. The minimum Gasteiger partial charge on any atom is -0.489 e. The van der Waals surface area contributed by atoms with Gasteiger partial charge in [-0.05, 0) is 106 Å². The Morgan fingerprint density at radius 2 is 1.55 bits per heavy atom. The maximum absolute atomic E-state index is 14.1. The molecule has 0 fully saturated rings. The van der Waals surface area contributed by atoms with Crippen LogP contribution in [0.1, 0.15) is 49.8 Å². The van der Waals surface area contributed by atoms with Crippen molar-refractivity contribution in [3.8, 4) is 28.7 Å². The minimum atomic E-state index is -1.34. The van der Waals surface area contributed by atoms with E-state index in [1.165, 1.54) is 17.0 Å². The lowest BCUT2D eigenvalue weighted by molar-refractivity contribution is -0.142. The number of anilines is 1. The number of fused-ring (bicyclic) bond motifs is 2. The van der Waals surface area contributed by atoms with E-state index in [9.17, 15) is 28.7 Å². The van der Waals surface area contributed by atoms with Gasteiger partial charge in [0.1, 0.15) is 36.0 Å². The third-order valence-electron chi connectivity index (χ3n) is 10.8. The molecule has 0 spiro atoms. The van der Waals surface area contributed by atoms with E-state index in [4.69, 9.17) is 37.9 Å². The molecule has 62 heavy (non-hydrogen) atoms. The number of carbonyl (C=O) groups is 4. The lowest BCUT2D eigenvalue weighted by atomic mass is 9.91. The van der Waals surface area contributed by atoms with Crippen LogP contribution in [0.5, 0.6) is 11.5 Å². The Bertz CT molecular complexity index is 2740. The van der Waals surface area contributed by atoms with E-state index in [2.05, 4.69) is 16.7 Å². The highest BCUT2D eigenvalue weighted by molar-refractivity contribution is 6.42. The second-order valence-corrected chi connectivity index (χ2v) is 15.7. The van der Waals surface area contributed by atoms with E-state index in [0.717, 1.165) is 28.8 Å². The number of halogens is 3. The van der Waals surface area contributed by atoms with Crippen LogP contribution in [0.25, 0.3) is 11.1 Å². The van der Waals surface area contributed by atoms with Gasteiger partial charge in [0.15, 0.2) is 0 Å². The van der Waals surface area contributed by atoms with E-state index >= 15 is 0 Å². The van der Waals surface area contributed by atoms with Gasteiger partial charge in [-0.1, -0.05) is 77.8 Å². The fourth-order valence-corrected chi connectivity index (χ4v) is 7.75. The normalized spacial score (nSPS) is 15.8. The molecule has 310 valence electrons. The number of nitrogens with one attached hydrogen (secondary N) is 2. The first kappa shape index (κ1) is 41.5. The Hall–Kier alpha value is -7.20. The summed E-state index contributed by atoms with van der Waals surface area (Å²) in [7, 11) is 0. The number of benzene rings is 6. The SMILES string of the molecule is N#Cc1ccc(-c2ccc(C[C@H](NC(=O)C3Cc4cc5c(cc4CN3C(=O)c3ccc(F)cc3)OC(c3ccc(OCc4ccc(Cl)c(Cl)c4)cc3)C(=O)N5)C(=O)O)cc2)cc1. The fraction of sp³-hybridized carbons (Fsp3) is 0.146. The average molecular weight is 870 g/mol. The van der Waals surface area contributed by atoms with Crippen molar-refractivity contribution in [3.63, 3.8) is 0 Å². The standard InChI is InChI=1S/C48H35Cl2FN4O7/c49-38-18-5-29(19-39(38)50)26-61-37-16-12-32(13-17-37)44-46(57)53-40-21-34-22-42(55(25-35(34)23-43(40)62-44)47(58)33-10-14-36(51)15-11-33)45(56)54-41(48(59)60)20-27-1-6-30(7-2-27)31-8-3-28(24-52)4-9-31/h1-19,21,23,41-42,44H,20,22,25-26H2,(H,53,57)(H,54,56)(H,59,60)/t41-,42?,44?/m0/s1. The van der Waals surface area contributed by atoms with Crippen LogP contribution in [0.2, 0.25) is 10.0 Å². The lowest BCUT2D eigenvalue weighted by Crippen LogP contribution is -2.56. The van der Waals surface area contributed by atoms with Crippen molar-refractivity contribution < 1.29 is 38.1 Å². The third-order valence-corrected chi connectivity index (χ3v) is 11.5. The molecule has 8 rings (SSSR count). The number of hydrogen-bond acceptors (Lipinski definition) is 7. The molecule has 2 aliphatic rings. The van der Waals surface area contributed by atoms with E-state index in [0.29, 0.717) is 55.0 Å². The molecule has 0 aliphatic carbocycles. The molecule has 11 nitrogen and oxygen atoms in total. The fourth-order valence-electron chi connectivity index (χ4n) is 7.42. The Morgan fingerprint density at radius 1 is 0.871 bits per heavy atom. The molecular formula is C48H35Cl2FN4O7. The Labute approximate surface area is 365 Å². The highest BCUT2D eigenvalue weighted by atomic mass is 35.5. The van der Waals surface area contributed by atoms with E-state index in [1.54, 1.807) is 72.8 Å². The van der Waals surface area contributed by atoms with Gasteiger partial charge in [0.25, 0.3) is 11.8 Å². The number of carboxylic acid groups (broad SMARTS) is 1. The summed E-state index contributed by atoms with van der Waals surface area (Å²) in [6.45, 7) is 0.175. The number of ether oxygens (including phenoxy) is 2. The van der Waals surface area contributed by atoms with Crippen molar-refractivity contribution in [3.05, 3.63) is 182 Å². The summed E-state index contributed by atoms with van der Waals surface area (Å²) in [5, 5.41) is 25.8. The molecular weight excluding hydrogens is 834 g/mol. The summed E-state index contributed by atoms with van der Waals surface area (Å²) in [5.41, 5.74) is 6.10. The number of carbonyl (C=O) groups excluding carboxylic acids is 3. The van der Waals surface area contributed by atoms with Gasteiger partial charge in [-0.2, -0.15) is 5.26 Å². The first-order valence-corrected chi connectivity index (χ1v) is 20.2. The molecule has 14 heteroatoms. The maximum Gasteiger partial charge on any atom is 0.326 e. The van der Waals surface area contributed by atoms with E-state index in [-0.39, 0.29) is 31.6 Å². The second kappa shape index (κ2) is 17.8. The summed E-state index contributed by atoms with van der Waals surface area (Å²) < 4.78 is 26.0. The maximum atomic E-state index is 14.1. The van der Waals surface area contributed by atoms with Crippen molar-refractivity contribution in [2.45, 2.75) is 44.2 Å². The van der Waals surface area contributed by atoms with Crippen molar-refractivity contribution in [2.75, 3.05) is 5.32 Å². The number of nitrogens with zero attached hydrogens (tertiary/aromatic N) is 2. The second-order valence-electron chi connectivity index (χ2n) is 14.9. The molecule has 3 amide bonds. The third kappa shape index (κ3) is 9.10. The van der Waals surface area contributed by atoms with Crippen LogP contribution in [0.4, 0.5) is 10.1 Å². The Balaban J connectivity index is 0.999. The molecule has 0 radical (unpaired) electrons. The summed E-state index contributed by atoms with van der Waals surface area (Å²) >= 11 is 12.1. The molecule has 0 bridgehead atoms. The molecule has 3 N–H and O–H groups in total. The van der Waals surface area contributed by atoms with E-state index < -0.39 is 47.7 Å². The highest BCUT2D eigenvalue weighted by Crippen LogP contribution is 2.40. The molecule has 2 unspecified atom stereocenters. The number of nitriles is 1. The van der Waals surface area contributed by atoms with Crippen LogP contribution in [0.3, 0.4) is 0 Å². The van der Waals surface area contributed by atoms with Crippen molar-refractivity contribution >= 4 is 52.6 Å². The number of carboxylic acids is 1. The van der Waals surface area contributed by atoms with Gasteiger partial charge in [-0.25, -0.2) is 9.18 Å². The van der Waals surface area contributed by atoms with Crippen molar-refractivity contribution in [1.29, 1.82) is 5.26 Å². The summed E-state index contributed by atoms with van der Waals surface area (Å²) in [4.78, 5) is 55.5. The van der Waals surface area contributed by atoms with Crippen LogP contribution < -0.4 is 20.1 Å². The van der Waals surface area contributed by atoms with Crippen molar-refractivity contribution in [2.24, 2.45) is 0 Å². The number of amides is 3. The first-order valence-electron chi connectivity index (χ1n) is 19.4. The van der Waals surface area contributed by atoms with Gasteiger partial charge in [0.2, 0.25) is 12.0 Å². The zero-order valence-electron chi connectivity index (χ0n) is 32.6. The topological polar surface area (TPSA) is 158 Å². The molecule has 2 aliphatic heterocycles. The minimum absolute atomic E-state index is 0.0179. The molecule has 6 aromatic rings. The Morgan fingerprint density at radius 3 is 2.21 bits per heavy atom. The molecule has 0 aromatic heterocycles. The monoisotopic (exact) mass is 868 g/mol. The van der Waals surface area contributed by atoms with Crippen LogP contribution in [-0.4, -0.2) is 45.8 Å². The quantitative estimate of drug-likeness (QED) is 0.117. The Kier molecular flexibility index (Phi) is 11.9. The van der Waals surface area contributed by atoms with Gasteiger partial charge in [0.05, 0.1) is 27.4 Å². The van der Waals surface area contributed by atoms with E-state index in [1.807, 2.05) is 30.3 Å². The number of hydrogen-bond donors (Lipinski definition) is 3. The van der Waals surface area contributed by atoms with Gasteiger partial charge >= 0.3 is 5.97 Å². The summed E-state index contributed by atoms with van der Waals surface area (Å²) in [6.07, 6.45) is -1.07. The largest absolute Gasteiger partial charge is 0.489 e.